The Morgan fingerprint density at radius 2 is 2.14 bits per heavy atom. The molecule has 0 saturated carbocycles. The summed E-state index contributed by atoms with van der Waals surface area (Å²) in [6.45, 7) is 3.70. The number of hydrogen-bond donors (Lipinski definition) is 2. The minimum atomic E-state index is -0.964. The number of aliphatic hydroxyl groups is 2. The number of likely N-dealkylation sites (tertiary alicyclic amines) is 1. The second kappa shape index (κ2) is 5.85. The van der Waals surface area contributed by atoms with E-state index in [-0.39, 0.29) is 0 Å². The number of rotatable bonds is 3. The van der Waals surface area contributed by atoms with Crippen molar-refractivity contribution in [1.29, 1.82) is 0 Å². The molecular formula is C16H20N2O2S. The lowest BCUT2D eigenvalue weighted by molar-refractivity contribution is -0.108. The summed E-state index contributed by atoms with van der Waals surface area (Å²) in [7, 11) is 0. The van der Waals surface area contributed by atoms with Gasteiger partial charge in [0, 0.05) is 24.0 Å². The quantitative estimate of drug-likeness (QED) is 0.912. The van der Waals surface area contributed by atoms with Gasteiger partial charge >= 0.3 is 0 Å². The van der Waals surface area contributed by atoms with Crippen LogP contribution in [0, 0.1) is 0 Å². The fourth-order valence-electron chi connectivity index (χ4n) is 2.54. The van der Waals surface area contributed by atoms with Crippen LogP contribution in [0.15, 0.2) is 35.7 Å². The second-order valence-electron chi connectivity index (χ2n) is 5.85. The summed E-state index contributed by atoms with van der Waals surface area (Å²) in [5.74, 6) is 0. The van der Waals surface area contributed by atoms with Crippen LogP contribution >= 0.6 is 11.3 Å². The summed E-state index contributed by atoms with van der Waals surface area (Å²) < 4.78 is 0. The molecule has 2 heterocycles. The van der Waals surface area contributed by atoms with E-state index >= 15 is 0 Å². The van der Waals surface area contributed by atoms with Gasteiger partial charge in [-0.05, 0) is 13.3 Å². The minimum Gasteiger partial charge on any atom is -0.389 e. The number of benzene rings is 1. The lowest BCUT2D eigenvalue weighted by Crippen LogP contribution is -2.53. The average molecular weight is 304 g/mol. The summed E-state index contributed by atoms with van der Waals surface area (Å²) in [4.78, 5) is 6.82. The maximum atomic E-state index is 9.99. The van der Waals surface area contributed by atoms with E-state index in [2.05, 4.69) is 27.4 Å². The highest BCUT2D eigenvalue weighted by Gasteiger charge is 2.36. The molecule has 112 valence electrons. The van der Waals surface area contributed by atoms with Crippen LogP contribution < -0.4 is 0 Å². The lowest BCUT2D eigenvalue weighted by atomic mass is 9.91. The van der Waals surface area contributed by atoms with Gasteiger partial charge in [-0.15, -0.1) is 11.3 Å². The summed E-state index contributed by atoms with van der Waals surface area (Å²) in [6.07, 6.45) is -0.106. The molecule has 1 saturated heterocycles. The molecule has 1 aromatic heterocycles. The zero-order chi connectivity index (χ0) is 14.9. The fourth-order valence-corrected chi connectivity index (χ4v) is 3.39. The number of aliphatic hydroxyl groups excluding tert-OH is 1. The van der Waals surface area contributed by atoms with Crippen molar-refractivity contribution in [3.8, 4) is 11.3 Å². The number of aromatic nitrogens is 1. The van der Waals surface area contributed by atoms with E-state index in [9.17, 15) is 10.2 Å². The molecule has 3 rings (SSSR count). The first-order chi connectivity index (χ1) is 10.0. The smallest absolute Gasteiger partial charge is 0.107 e. The van der Waals surface area contributed by atoms with Crippen molar-refractivity contribution in [3.63, 3.8) is 0 Å². The predicted molar refractivity (Wildman–Crippen MR) is 84.1 cm³/mol. The molecule has 0 amide bonds. The molecule has 21 heavy (non-hydrogen) atoms. The summed E-state index contributed by atoms with van der Waals surface area (Å²) in [5.41, 5.74) is 1.16. The van der Waals surface area contributed by atoms with Crippen LogP contribution in [0.1, 0.15) is 18.4 Å². The number of piperidine rings is 1. The predicted octanol–water partition coefficient (Wildman–Crippen LogP) is 2.13. The molecule has 0 spiro atoms. The van der Waals surface area contributed by atoms with Crippen LogP contribution in [-0.2, 0) is 6.54 Å². The summed E-state index contributed by atoms with van der Waals surface area (Å²) >= 11 is 1.64. The van der Waals surface area contributed by atoms with Gasteiger partial charge in [0.05, 0.1) is 23.9 Å². The molecule has 1 aliphatic rings. The van der Waals surface area contributed by atoms with E-state index in [1.807, 2.05) is 18.2 Å². The highest BCUT2D eigenvalue weighted by atomic mass is 32.1. The maximum Gasteiger partial charge on any atom is 0.107 e. The molecule has 2 atom stereocenters. The van der Waals surface area contributed by atoms with Gasteiger partial charge in [-0.3, -0.25) is 4.90 Å². The maximum absolute atomic E-state index is 9.99. The lowest BCUT2D eigenvalue weighted by Gasteiger charge is -2.39. The molecule has 1 fully saturated rings. The number of nitrogens with zero attached hydrogens (tertiary/aromatic N) is 2. The molecule has 0 bridgehead atoms. The Balaban J connectivity index is 1.66. The first-order valence-electron chi connectivity index (χ1n) is 7.17. The standard InChI is InChI=1S/C16H20N2O2S/c1-16(20)7-8-18(9-14(16)19)10-15-17-13(11-21-15)12-5-3-2-4-6-12/h2-6,11,14,19-20H,7-10H2,1H3/t14-,16-/m1/s1. The van der Waals surface area contributed by atoms with Gasteiger partial charge in [0.15, 0.2) is 0 Å². The van der Waals surface area contributed by atoms with E-state index in [1.54, 1.807) is 18.3 Å². The summed E-state index contributed by atoms with van der Waals surface area (Å²) in [6, 6.07) is 10.1. The van der Waals surface area contributed by atoms with E-state index < -0.39 is 11.7 Å². The largest absolute Gasteiger partial charge is 0.389 e. The Labute approximate surface area is 128 Å². The van der Waals surface area contributed by atoms with E-state index in [1.165, 1.54) is 0 Å². The van der Waals surface area contributed by atoms with Gasteiger partial charge in [0.25, 0.3) is 0 Å². The number of thiazole rings is 1. The molecule has 0 radical (unpaired) electrons. The molecule has 0 unspecified atom stereocenters. The zero-order valence-electron chi connectivity index (χ0n) is 12.1. The molecule has 2 N–H and O–H groups in total. The normalized spacial score (nSPS) is 26.9. The number of β-amino-alcohol motifs (C(OH)–C–C–N with tert-alkyl or cyclic N) is 1. The highest BCUT2D eigenvalue weighted by molar-refractivity contribution is 7.09. The van der Waals surface area contributed by atoms with Gasteiger partial charge in [0.1, 0.15) is 5.01 Å². The third-order valence-electron chi connectivity index (χ3n) is 4.06. The molecule has 0 aliphatic carbocycles. The van der Waals surface area contributed by atoms with Gasteiger partial charge < -0.3 is 10.2 Å². The van der Waals surface area contributed by atoms with Crippen molar-refractivity contribution in [2.24, 2.45) is 0 Å². The Bertz CT molecular complexity index is 597. The molecular weight excluding hydrogens is 284 g/mol. The minimum absolute atomic E-state index is 0.493. The van der Waals surface area contributed by atoms with E-state index in [0.29, 0.717) is 13.0 Å². The van der Waals surface area contributed by atoms with Crippen molar-refractivity contribution >= 4 is 11.3 Å². The Morgan fingerprint density at radius 3 is 2.86 bits per heavy atom. The van der Waals surface area contributed by atoms with Crippen LogP contribution in [0.2, 0.25) is 0 Å². The van der Waals surface area contributed by atoms with Crippen LogP contribution in [-0.4, -0.2) is 44.9 Å². The van der Waals surface area contributed by atoms with Gasteiger partial charge in [-0.2, -0.15) is 0 Å². The highest BCUT2D eigenvalue weighted by Crippen LogP contribution is 2.26. The van der Waals surface area contributed by atoms with Crippen molar-refractivity contribution in [2.45, 2.75) is 31.6 Å². The Kier molecular flexibility index (Phi) is 4.08. The third-order valence-corrected chi connectivity index (χ3v) is 4.90. The van der Waals surface area contributed by atoms with E-state index in [0.717, 1.165) is 29.4 Å². The van der Waals surface area contributed by atoms with Crippen LogP contribution in [0.4, 0.5) is 0 Å². The molecule has 4 nitrogen and oxygen atoms in total. The third kappa shape index (κ3) is 3.32. The first kappa shape index (κ1) is 14.7. The first-order valence-corrected chi connectivity index (χ1v) is 8.05. The van der Waals surface area contributed by atoms with Crippen LogP contribution in [0.3, 0.4) is 0 Å². The van der Waals surface area contributed by atoms with Crippen LogP contribution in [0.5, 0.6) is 0 Å². The van der Waals surface area contributed by atoms with E-state index in [4.69, 9.17) is 0 Å². The van der Waals surface area contributed by atoms with Crippen molar-refractivity contribution in [1.82, 2.24) is 9.88 Å². The Morgan fingerprint density at radius 1 is 1.38 bits per heavy atom. The van der Waals surface area contributed by atoms with Crippen molar-refractivity contribution in [2.75, 3.05) is 13.1 Å². The van der Waals surface area contributed by atoms with Crippen LogP contribution in [0.25, 0.3) is 11.3 Å². The molecule has 1 aromatic carbocycles. The topological polar surface area (TPSA) is 56.6 Å². The molecule has 2 aromatic rings. The Hall–Kier alpha value is -1.27. The number of hydrogen-bond acceptors (Lipinski definition) is 5. The van der Waals surface area contributed by atoms with Crippen molar-refractivity contribution < 1.29 is 10.2 Å². The molecule has 5 heteroatoms. The van der Waals surface area contributed by atoms with Crippen molar-refractivity contribution in [3.05, 3.63) is 40.7 Å². The van der Waals surface area contributed by atoms with Gasteiger partial charge in [0.2, 0.25) is 0 Å². The van der Waals surface area contributed by atoms with Gasteiger partial charge in [-0.25, -0.2) is 4.98 Å². The summed E-state index contributed by atoms with van der Waals surface area (Å²) in [5, 5.41) is 23.1. The average Bonchev–Trinajstić information content (AvgIpc) is 2.93. The molecule has 1 aliphatic heterocycles. The monoisotopic (exact) mass is 304 g/mol. The van der Waals surface area contributed by atoms with Gasteiger partial charge in [-0.1, -0.05) is 30.3 Å². The zero-order valence-corrected chi connectivity index (χ0v) is 12.9. The second-order valence-corrected chi connectivity index (χ2v) is 6.79. The SMILES string of the molecule is C[C@@]1(O)CCN(Cc2nc(-c3ccccc3)cs2)C[C@H]1O. The fraction of sp³-hybridized carbons (Fsp3) is 0.438.